The molecule has 156 valence electrons. The summed E-state index contributed by atoms with van der Waals surface area (Å²) in [6.45, 7) is 2.49. The number of hydrogen-bond acceptors (Lipinski definition) is 6. The van der Waals surface area contributed by atoms with Gasteiger partial charge in [-0.2, -0.15) is 4.98 Å². The number of carbonyl (C=O) groups is 1. The highest BCUT2D eigenvalue weighted by Gasteiger charge is 2.59. The molecule has 4 rings (SSSR count). The van der Waals surface area contributed by atoms with Gasteiger partial charge in [-0.15, -0.1) is 0 Å². The number of carbonyl (C=O) groups excluding carboxylic acids is 1. The molecule has 0 unspecified atom stereocenters. The van der Waals surface area contributed by atoms with Crippen LogP contribution in [-0.2, 0) is 15.4 Å². The van der Waals surface area contributed by atoms with Crippen molar-refractivity contribution in [1.82, 2.24) is 25.1 Å². The third kappa shape index (κ3) is 3.76. The normalized spacial score (nSPS) is 31.6. The molecule has 3 aliphatic rings. The van der Waals surface area contributed by atoms with E-state index in [0.717, 1.165) is 25.7 Å². The summed E-state index contributed by atoms with van der Waals surface area (Å²) >= 11 is 0. The first-order valence-corrected chi connectivity index (χ1v) is 11.9. The van der Waals surface area contributed by atoms with Gasteiger partial charge in [-0.3, -0.25) is 0 Å². The number of sulfonamides is 1. The minimum atomic E-state index is -3.30. The quantitative estimate of drug-likeness (QED) is 0.771. The number of rotatable bonds is 4. The van der Waals surface area contributed by atoms with Gasteiger partial charge in [-0.1, -0.05) is 24.4 Å². The maximum absolute atomic E-state index is 12.5. The number of nitrogens with zero attached hydrogens (tertiary/aromatic N) is 3. The Balaban J connectivity index is 1.47. The minimum Gasteiger partial charge on any atom is -0.339 e. The second-order valence-corrected chi connectivity index (χ2v) is 10.6. The first-order chi connectivity index (χ1) is 13.3. The lowest BCUT2D eigenvalue weighted by molar-refractivity contribution is 0.226. The van der Waals surface area contributed by atoms with Crippen LogP contribution in [0.15, 0.2) is 4.52 Å². The Morgan fingerprint density at radius 3 is 2.57 bits per heavy atom. The number of amides is 2. The molecule has 9 nitrogen and oxygen atoms in total. The summed E-state index contributed by atoms with van der Waals surface area (Å²) in [6.07, 6.45) is 8.18. The first-order valence-electron chi connectivity index (χ1n) is 10.1. The summed E-state index contributed by atoms with van der Waals surface area (Å²) in [5, 5.41) is 10.1. The summed E-state index contributed by atoms with van der Waals surface area (Å²) < 4.78 is 31.2. The number of aryl methyl sites for hydroxylation is 1. The zero-order valence-electron chi connectivity index (χ0n) is 16.5. The molecule has 2 aliphatic carbocycles. The molecule has 0 spiro atoms. The van der Waals surface area contributed by atoms with Crippen molar-refractivity contribution < 1.29 is 17.7 Å². The zero-order valence-corrected chi connectivity index (χ0v) is 17.3. The van der Waals surface area contributed by atoms with Gasteiger partial charge in [0.15, 0.2) is 5.82 Å². The van der Waals surface area contributed by atoms with E-state index in [-0.39, 0.29) is 24.0 Å². The maximum atomic E-state index is 12.5. The van der Waals surface area contributed by atoms with Crippen LogP contribution in [0.5, 0.6) is 0 Å². The summed E-state index contributed by atoms with van der Waals surface area (Å²) in [5.41, 5.74) is -0.535. The summed E-state index contributed by atoms with van der Waals surface area (Å²) in [7, 11) is -3.30. The topological polar surface area (TPSA) is 117 Å². The van der Waals surface area contributed by atoms with E-state index in [1.165, 1.54) is 17.0 Å². The number of fused-ring (bicyclic) bond motifs is 1. The first kappa shape index (κ1) is 19.6. The van der Waals surface area contributed by atoms with Crippen LogP contribution in [0.4, 0.5) is 4.79 Å². The van der Waals surface area contributed by atoms with Crippen molar-refractivity contribution >= 4 is 16.1 Å². The van der Waals surface area contributed by atoms with Gasteiger partial charge >= 0.3 is 6.03 Å². The molecule has 0 aromatic carbocycles. The van der Waals surface area contributed by atoms with Crippen LogP contribution in [0, 0.1) is 12.8 Å². The third-order valence-corrected chi connectivity index (χ3v) is 7.76. The van der Waals surface area contributed by atoms with E-state index in [0.29, 0.717) is 37.6 Å². The molecule has 28 heavy (non-hydrogen) atoms. The van der Waals surface area contributed by atoms with Crippen molar-refractivity contribution in [2.24, 2.45) is 5.92 Å². The highest BCUT2D eigenvalue weighted by atomic mass is 32.2. The Morgan fingerprint density at radius 2 is 1.93 bits per heavy atom. The molecule has 2 N–H and O–H groups in total. The van der Waals surface area contributed by atoms with E-state index in [9.17, 15) is 13.2 Å². The van der Waals surface area contributed by atoms with Crippen LogP contribution >= 0.6 is 0 Å². The molecular weight excluding hydrogens is 382 g/mol. The molecule has 2 heterocycles. The number of urea groups is 1. The van der Waals surface area contributed by atoms with Crippen LogP contribution in [0.25, 0.3) is 0 Å². The van der Waals surface area contributed by atoms with E-state index in [4.69, 9.17) is 4.52 Å². The molecular formula is C18H29N5O4S. The van der Waals surface area contributed by atoms with Gasteiger partial charge in [0.1, 0.15) is 0 Å². The van der Waals surface area contributed by atoms with E-state index < -0.39 is 15.4 Å². The standard InChI is InChI=1S/C18H29N5O4S/c1-12-19-16(27-22-12)18-9-15(8-13(18)10-23(11-18)28(2,25)26)21-17(24)20-14-6-4-3-5-7-14/h13-15H,3-11H2,1-2H3,(H2,20,21,24)/t13-,15+,18-/m0/s1. The minimum absolute atomic E-state index is 0.0393. The Labute approximate surface area is 165 Å². The number of nitrogens with one attached hydrogen (secondary N) is 2. The molecule has 1 aromatic rings. The van der Waals surface area contributed by atoms with Gasteiger partial charge in [0, 0.05) is 25.2 Å². The smallest absolute Gasteiger partial charge is 0.315 e. The van der Waals surface area contributed by atoms with Crippen molar-refractivity contribution in [3.63, 3.8) is 0 Å². The highest BCUT2D eigenvalue weighted by Crippen LogP contribution is 2.50. The van der Waals surface area contributed by atoms with Gasteiger partial charge in [0.2, 0.25) is 15.9 Å². The molecule has 0 bridgehead atoms. The van der Waals surface area contributed by atoms with E-state index >= 15 is 0 Å². The lowest BCUT2D eigenvalue weighted by atomic mass is 9.80. The van der Waals surface area contributed by atoms with E-state index in [1.54, 1.807) is 6.92 Å². The lowest BCUT2D eigenvalue weighted by Crippen LogP contribution is -2.47. The molecule has 3 fully saturated rings. The molecule has 3 atom stereocenters. The van der Waals surface area contributed by atoms with Crippen LogP contribution < -0.4 is 10.6 Å². The van der Waals surface area contributed by atoms with Crippen LogP contribution in [0.2, 0.25) is 0 Å². The Hall–Kier alpha value is -1.68. The second kappa shape index (κ2) is 7.29. The number of hydrogen-bond donors (Lipinski definition) is 2. The summed E-state index contributed by atoms with van der Waals surface area (Å²) in [5.74, 6) is 1.06. The summed E-state index contributed by atoms with van der Waals surface area (Å²) in [4.78, 5) is 16.9. The highest BCUT2D eigenvalue weighted by molar-refractivity contribution is 7.88. The average molecular weight is 412 g/mol. The van der Waals surface area contributed by atoms with Crippen molar-refractivity contribution in [1.29, 1.82) is 0 Å². The van der Waals surface area contributed by atoms with Crippen molar-refractivity contribution in [2.75, 3.05) is 19.3 Å². The van der Waals surface area contributed by atoms with Crippen molar-refractivity contribution in [3.05, 3.63) is 11.7 Å². The fraction of sp³-hybridized carbons (Fsp3) is 0.833. The Kier molecular flexibility index (Phi) is 5.11. The summed E-state index contributed by atoms with van der Waals surface area (Å²) in [6, 6.07) is 0.0825. The van der Waals surface area contributed by atoms with Crippen LogP contribution in [-0.4, -0.2) is 60.3 Å². The molecule has 1 aromatic heterocycles. The Morgan fingerprint density at radius 1 is 1.21 bits per heavy atom. The molecule has 1 saturated heterocycles. The van der Waals surface area contributed by atoms with Crippen molar-refractivity contribution in [3.8, 4) is 0 Å². The monoisotopic (exact) mass is 411 g/mol. The fourth-order valence-corrected chi connectivity index (χ4v) is 6.09. The lowest BCUT2D eigenvalue weighted by Gasteiger charge is -2.26. The van der Waals surface area contributed by atoms with E-state index in [2.05, 4.69) is 20.8 Å². The van der Waals surface area contributed by atoms with E-state index in [1.807, 2.05) is 0 Å². The van der Waals surface area contributed by atoms with Gasteiger partial charge in [-0.05, 0) is 38.5 Å². The maximum Gasteiger partial charge on any atom is 0.315 e. The molecule has 1 aliphatic heterocycles. The molecule has 2 amide bonds. The Bertz CT molecular complexity index is 835. The van der Waals surface area contributed by atoms with Gasteiger partial charge < -0.3 is 15.2 Å². The average Bonchev–Trinajstić information content (AvgIpc) is 3.27. The van der Waals surface area contributed by atoms with Gasteiger partial charge in [0.25, 0.3) is 0 Å². The number of aromatic nitrogens is 2. The van der Waals surface area contributed by atoms with Crippen LogP contribution in [0.1, 0.15) is 56.7 Å². The second-order valence-electron chi connectivity index (χ2n) is 8.64. The van der Waals surface area contributed by atoms with Crippen molar-refractivity contribution in [2.45, 2.75) is 69.4 Å². The van der Waals surface area contributed by atoms with Gasteiger partial charge in [0.05, 0.1) is 11.7 Å². The fourth-order valence-electron chi connectivity index (χ4n) is 5.18. The SMILES string of the molecule is Cc1noc([C@]23C[C@H](NC(=O)NC4CCCCC4)C[C@H]2CN(S(C)(=O)=O)C3)n1. The predicted octanol–water partition coefficient (Wildman–Crippen LogP) is 1.30. The zero-order chi connectivity index (χ0) is 19.9. The third-order valence-electron chi connectivity index (χ3n) is 6.54. The molecule has 2 saturated carbocycles. The van der Waals surface area contributed by atoms with Gasteiger partial charge in [-0.25, -0.2) is 17.5 Å². The molecule has 0 radical (unpaired) electrons. The largest absolute Gasteiger partial charge is 0.339 e. The van der Waals surface area contributed by atoms with Crippen LogP contribution in [0.3, 0.4) is 0 Å². The predicted molar refractivity (Wildman–Crippen MR) is 102 cm³/mol. The molecule has 10 heteroatoms.